The minimum absolute atomic E-state index is 0.0710. The number of rotatable bonds is 5. The summed E-state index contributed by atoms with van der Waals surface area (Å²) >= 11 is 0. The van der Waals surface area contributed by atoms with Crippen LogP contribution in [0.2, 0.25) is 0 Å². The van der Waals surface area contributed by atoms with Crippen LogP contribution in [-0.2, 0) is 5.41 Å². The number of hydrogen-bond acceptors (Lipinski definition) is 2. The zero-order valence-electron chi connectivity index (χ0n) is 14.3. The van der Waals surface area contributed by atoms with Crippen LogP contribution < -0.4 is 10.1 Å². The molecule has 0 fully saturated rings. The molecule has 122 valence electrons. The van der Waals surface area contributed by atoms with Gasteiger partial charge in [0.1, 0.15) is 12.4 Å². The van der Waals surface area contributed by atoms with E-state index in [1.165, 1.54) is 5.56 Å². The molecule has 0 aliphatic carbocycles. The maximum Gasteiger partial charge on any atom is 0.251 e. The molecule has 2 aromatic rings. The van der Waals surface area contributed by atoms with Crippen LogP contribution >= 0.6 is 0 Å². The highest BCUT2D eigenvalue weighted by molar-refractivity contribution is 5.94. The molecule has 0 bridgehead atoms. The average molecular weight is 311 g/mol. The van der Waals surface area contributed by atoms with Crippen LogP contribution in [0.4, 0.5) is 0 Å². The minimum atomic E-state index is -0.0710. The summed E-state index contributed by atoms with van der Waals surface area (Å²) in [5.41, 5.74) is 3.15. The minimum Gasteiger partial charge on any atom is -0.492 e. The van der Waals surface area contributed by atoms with Gasteiger partial charge in [-0.2, -0.15) is 0 Å². The Morgan fingerprint density at radius 1 is 1.09 bits per heavy atom. The van der Waals surface area contributed by atoms with Crippen molar-refractivity contribution >= 4 is 5.91 Å². The van der Waals surface area contributed by atoms with Gasteiger partial charge in [-0.1, -0.05) is 45.0 Å². The molecule has 2 rings (SSSR count). The van der Waals surface area contributed by atoms with Crippen LogP contribution in [-0.4, -0.2) is 19.1 Å². The first-order chi connectivity index (χ1) is 10.9. The van der Waals surface area contributed by atoms with Gasteiger partial charge >= 0.3 is 0 Å². The first-order valence-electron chi connectivity index (χ1n) is 7.94. The van der Waals surface area contributed by atoms with Crippen molar-refractivity contribution < 1.29 is 9.53 Å². The van der Waals surface area contributed by atoms with E-state index >= 15 is 0 Å². The highest BCUT2D eigenvalue weighted by Crippen LogP contribution is 2.22. The predicted octanol–water partition coefficient (Wildman–Crippen LogP) is 4.10. The topological polar surface area (TPSA) is 38.3 Å². The van der Waals surface area contributed by atoms with Crippen LogP contribution in [0.1, 0.15) is 42.3 Å². The number of carbonyl (C=O) groups is 1. The Hall–Kier alpha value is -2.29. The SMILES string of the molecule is Cc1cccc(OCCNC(=O)c2ccc(C(C)(C)C)cc2)c1. The van der Waals surface area contributed by atoms with E-state index < -0.39 is 0 Å². The summed E-state index contributed by atoms with van der Waals surface area (Å²) in [6, 6.07) is 15.6. The van der Waals surface area contributed by atoms with Gasteiger partial charge in [0, 0.05) is 5.56 Å². The molecular formula is C20H25NO2. The molecule has 0 atom stereocenters. The summed E-state index contributed by atoms with van der Waals surface area (Å²) < 4.78 is 5.62. The number of carbonyl (C=O) groups excluding carboxylic acids is 1. The Kier molecular flexibility index (Phi) is 5.43. The predicted molar refractivity (Wildman–Crippen MR) is 94.1 cm³/mol. The van der Waals surface area contributed by atoms with E-state index in [9.17, 15) is 4.79 Å². The third kappa shape index (κ3) is 5.13. The van der Waals surface area contributed by atoms with Gasteiger partial charge in [-0.25, -0.2) is 0 Å². The van der Waals surface area contributed by atoms with Gasteiger partial charge in [-0.3, -0.25) is 4.79 Å². The lowest BCUT2D eigenvalue weighted by Crippen LogP contribution is -2.28. The van der Waals surface area contributed by atoms with Gasteiger partial charge < -0.3 is 10.1 Å². The molecule has 1 N–H and O–H groups in total. The molecule has 0 aliphatic heterocycles. The lowest BCUT2D eigenvalue weighted by atomic mass is 9.87. The van der Waals surface area contributed by atoms with Crippen molar-refractivity contribution in [1.82, 2.24) is 5.32 Å². The molecule has 0 unspecified atom stereocenters. The molecule has 0 saturated heterocycles. The number of aryl methyl sites for hydroxylation is 1. The van der Waals surface area contributed by atoms with E-state index in [1.807, 2.05) is 55.5 Å². The van der Waals surface area contributed by atoms with Gasteiger partial charge in [-0.15, -0.1) is 0 Å². The van der Waals surface area contributed by atoms with Crippen molar-refractivity contribution in [2.75, 3.05) is 13.2 Å². The van der Waals surface area contributed by atoms with E-state index in [0.717, 1.165) is 11.3 Å². The van der Waals surface area contributed by atoms with E-state index in [0.29, 0.717) is 18.7 Å². The summed E-state index contributed by atoms with van der Waals surface area (Å²) in [5.74, 6) is 0.757. The maximum absolute atomic E-state index is 12.1. The van der Waals surface area contributed by atoms with E-state index in [4.69, 9.17) is 4.74 Å². The molecule has 23 heavy (non-hydrogen) atoms. The fourth-order valence-corrected chi connectivity index (χ4v) is 2.26. The lowest BCUT2D eigenvalue weighted by molar-refractivity contribution is 0.0947. The maximum atomic E-state index is 12.1. The lowest BCUT2D eigenvalue weighted by Gasteiger charge is -2.19. The van der Waals surface area contributed by atoms with Crippen LogP contribution in [0.5, 0.6) is 5.75 Å². The van der Waals surface area contributed by atoms with Crippen molar-refractivity contribution in [3.63, 3.8) is 0 Å². The smallest absolute Gasteiger partial charge is 0.251 e. The number of amides is 1. The Morgan fingerprint density at radius 2 is 1.78 bits per heavy atom. The Morgan fingerprint density at radius 3 is 2.39 bits per heavy atom. The molecule has 0 spiro atoms. The summed E-state index contributed by atoms with van der Waals surface area (Å²) in [6.45, 7) is 9.43. The number of ether oxygens (including phenoxy) is 1. The molecule has 0 aliphatic rings. The molecule has 1 amide bonds. The van der Waals surface area contributed by atoms with Gasteiger partial charge in [0.25, 0.3) is 5.91 Å². The monoisotopic (exact) mass is 311 g/mol. The largest absolute Gasteiger partial charge is 0.492 e. The second-order valence-electron chi connectivity index (χ2n) is 6.75. The quantitative estimate of drug-likeness (QED) is 0.844. The summed E-state index contributed by atoms with van der Waals surface area (Å²) in [6.07, 6.45) is 0. The van der Waals surface area contributed by atoms with Gasteiger partial charge in [-0.05, 0) is 47.7 Å². The molecule has 0 aromatic heterocycles. The normalized spacial score (nSPS) is 11.1. The first-order valence-corrected chi connectivity index (χ1v) is 7.94. The second-order valence-corrected chi connectivity index (χ2v) is 6.75. The van der Waals surface area contributed by atoms with Crippen LogP contribution in [0.25, 0.3) is 0 Å². The third-order valence-corrected chi connectivity index (χ3v) is 3.66. The molecule has 0 saturated carbocycles. The number of hydrogen-bond donors (Lipinski definition) is 1. The van der Waals surface area contributed by atoms with Crippen LogP contribution in [0.15, 0.2) is 48.5 Å². The van der Waals surface area contributed by atoms with Crippen molar-refractivity contribution in [1.29, 1.82) is 0 Å². The summed E-state index contributed by atoms with van der Waals surface area (Å²) in [4.78, 5) is 12.1. The van der Waals surface area contributed by atoms with Crippen molar-refractivity contribution in [3.05, 3.63) is 65.2 Å². The Labute approximate surface area is 138 Å². The molecular weight excluding hydrogens is 286 g/mol. The molecule has 3 nitrogen and oxygen atoms in total. The van der Waals surface area contributed by atoms with E-state index in [1.54, 1.807) is 0 Å². The fourth-order valence-electron chi connectivity index (χ4n) is 2.26. The second kappa shape index (κ2) is 7.32. The number of benzene rings is 2. The molecule has 2 aromatic carbocycles. The molecule has 3 heteroatoms. The van der Waals surface area contributed by atoms with Crippen molar-refractivity contribution in [3.8, 4) is 5.75 Å². The third-order valence-electron chi connectivity index (χ3n) is 3.66. The van der Waals surface area contributed by atoms with Crippen molar-refractivity contribution in [2.24, 2.45) is 0 Å². The van der Waals surface area contributed by atoms with Crippen molar-refractivity contribution in [2.45, 2.75) is 33.1 Å². The summed E-state index contributed by atoms with van der Waals surface area (Å²) in [5, 5.41) is 2.88. The highest BCUT2D eigenvalue weighted by atomic mass is 16.5. The standard InChI is InChI=1S/C20H25NO2/c1-15-6-5-7-18(14-15)23-13-12-21-19(22)16-8-10-17(11-9-16)20(2,3)4/h5-11,14H,12-13H2,1-4H3,(H,21,22). The molecule has 0 heterocycles. The highest BCUT2D eigenvalue weighted by Gasteiger charge is 2.14. The first kappa shape index (κ1) is 17.1. The Balaban J connectivity index is 1.81. The van der Waals surface area contributed by atoms with Gasteiger partial charge in [0.15, 0.2) is 0 Å². The van der Waals surface area contributed by atoms with Crippen LogP contribution in [0.3, 0.4) is 0 Å². The van der Waals surface area contributed by atoms with E-state index in [2.05, 4.69) is 26.1 Å². The summed E-state index contributed by atoms with van der Waals surface area (Å²) in [7, 11) is 0. The zero-order valence-corrected chi connectivity index (χ0v) is 14.3. The van der Waals surface area contributed by atoms with Gasteiger partial charge in [0.05, 0.1) is 6.54 Å². The Bertz CT molecular complexity index is 654. The van der Waals surface area contributed by atoms with Crippen LogP contribution in [0, 0.1) is 6.92 Å². The van der Waals surface area contributed by atoms with Gasteiger partial charge in [0.2, 0.25) is 0 Å². The average Bonchev–Trinajstić information content (AvgIpc) is 2.51. The number of nitrogens with one attached hydrogen (secondary N) is 1. The zero-order chi connectivity index (χ0) is 16.9. The fraction of sp³-hybridized carbons (Fsp3) is 0.350. The van der Waals surface area contributed by atoms with E-state index in [-0.39, 0.29) is 11.3 Å². The molecule has 0 radical (unpaired) electrons.